The third-order valence-corrected chi connectivity index (χ3v) is 1.95. The molecule has 15 heavy (non-hydrogen) atoms. The summed E-state index contributed by atoms with van der Waals surface area (Å²) in [6.45, 7) is 0. The van der Waals surface area contributed by atoms with Gasteiger partial charge in [-0.15, -0.1) is 0 Å². The minimum Gasteiger partial charge on any atom is -0.547 e. The van der Waals surface area contributed by atoms with E-state index in [-0.39, 0.29) is 0 Å². The number of halogens is 2. The number of hydrogen-bond acceptors (Lipinski definition) is 4. The van der Waals surface area contributed by atoms with Gasteiger partial charge in [-0.1, -0.05) is 30.3 Å². The summed E-state index contributed by atoms with van der Waals surface area (Å²) in [6.07, 6.45) is -1.35. The molecule has 0 saturated carbocycles. The SMILES string of the molecule is O=C([O-])C(OC(O)(Br)Br)c1ccccc1. The first kappa shape index (κ1) is 12.6. The fourth-order valence-corrected chi connectivity index (χ4v) is 1.40. The predicted octanol–water partition coefficient (Wildman–Crippen LogP) is 0.888. The van der Waals surface area contributed by atoms with Gasteiger partial charge < -0.3 is 19.7 Å². The molecular weight excluding hydrogens is 332 g/mol. The highest BCUT2D eigenvalue weighted by atomic mass is 79.9. The molecule has 0 radical (unpaired) electrons. The number of alkyl halides is 2. The second-order valence-corrected chi connectivity index (χ2v) is 5.93. The lowest BCUT2D eigenvalue weighted by molar-refractivity contribution is -0.321. The Hall–Kier alpha value is -0.430. The summed E-state index contributed by atoms with van der Waals surface area (Å²) in [5.41, 5.74) is 0.384. The Bertz CT molecular complexity index is 334. The average Bonchev–Trinajstić information content (AvgIpc) is 2.14. The Morgan fingerprint density at radius 1 is 1.40 bits per heavy atom. The molecule has 0 aliphatic carbocycles. The van der Waals surface area contributed by atoms with E-state index in [4.69, 9.17) is 4.74 Å². The van der Waals surface area contributed by atoms with Crippen LogP contribution in [0.15, 0.2) is 30.3 Å². The zero-order valence-corrected chi connectivity index (χ0v) is 10.6. The Morgan fingerprint density at radius 3 is 2.33 bits per heavy atom. The monoisotopic (exact) mass is 337 g/mol. The van der Waals surface area contributed by atoms with Gasteiger partial charge in [-0.25, -0.2) is 0 Å². The maximum atomic E-state index is 10.8. The van der Waals surface area contributed by atoms with E-state index in [1.54, 1.807) is 30.3 Å². The summed E-state index contributed by atoms with van der Waals surface area (Å²) in [4.78, 5) is 10.8. The highest BCUT2D eigenvalue weighted by Crippen LogP contribution is 2.31. The summed E-state index contributed by atoms with van der Waals surface area (Å²) >= 11 is 5.41. The summed E-state index contributed by atoms with van der Waals surface area (Å²) in [5.74, 6) is -1.43. The van der Waals surface area contributed by atoms with Gasteiger partial charge in [0.2, 0.25) is 0 Å². The molecule has 0 heterocycles. The van der Waals surface area contributed by atoms with Crippen molar-refractivity contribution in [2.24, 2.45) is 0 Å². The topological polar surface area (TPSA) is 69.6 Å². The molecule has 0 aromatic heterocycles. The smallest absolute Gasteiger partial charge is 0.283 e. The highest BCUT2D eigenvalue weighted by molar-refractivity contribution is 9.25. The van der Waals surface area contributed by atoms with Crippen molar-refractivity contribution in [2.45, 2.75) is 9.71 Å². The van der Waals surface area contributed by atoms with Crippen LogP contribution in [0.4, 0.5) is 0 Å². The van der Waals surface area contributed by atoms with Gasteiger partial charge in [0.15, 0.2) is 0 Å². The van der Waals surface area contributed by atoms with Crippen LogP contribution in [-0.2, 0) is 9.53 Å². The molecular formula is C9H7Br2O4-. The molecule has 1 rings (SSSR count). The summed E-state index contributed by atoms with van der Waals surface area (Å²) in [5, 5.41) is 20.0. The van der Waals surface area contributed by atoms with E-state index >= 15 is 0 Å². The first-order valence-corrected chi connectivity index (χ1v) is 5.52. The molecule has 1 N–H and O–H groups in total. The van der Waals surface area contributed by atoms with Crippen LogP contribution in [0.3, 0.4) is 0 Å². The number of carboxylic acid groups (broad SMARTS) is 1. The van der Waals surface area contributed by atoms with Gasteiger partial charge in [-0.2, -0.15) is 0 Å². The number of carboxylic acids is 1. The zero-order valence-electron chi connectivity index (χ0n) is 7.39. The number of hydrogen-bond donors (Lipinski definition) is 1. The lowest BCUT2D eigenvalue weighted by atomic mass is 10.1. The van der Waals surface area contributed by atoms with Gasteiger partial charge in [-0.3, -0.25) is 0 Å². The van der Waals surface area contributed by atoms with E-state index in [9.17, 15) is 15.0 Å². The molecule has 0 aliphatic heterocycles. The van der Waals surface area contributed by atoms with Crippen LogP contribution in [0, 0.1) is 0 Å². The molecule has 1 atom stereocenters. The number of aliphatic carboxylic acids is 1. The number of carbonyl (C=O) groups is 1. The molecule has 1 aromatic carbocycles. The third-order valence-electron chi connectivity index (χ3n) is 1.58. The maximum Gasteiger partial charge on any atom is 0.283 e. The van der Waals surface area contributed by atoms with E-state index in [0.29, 0.717) is 5.56 Å². The summed E-state index contributed by atoms with van der Waals surface area (Å²) < 4.78 is 2.92. The standard InChI is InChI=1S/C9H8Br2O4/c10-9(11,14)15-7(8(12)13)6-4-2-1-3-5-6/h1-5,7,14H,(H,12,13)/p-1. The fraction of sp³-hybridized carbons (Fsp3) is 0.222. The zero-order chi connectivity index (χ0) is 11.5. The van der Waals surface area contributed by atoms with E-state index in [2.05, 4.69) is 31.9 Å². The maximum absolute atomic E-state index is 10.8. The molecule has 0 amide bonds. The van der Waals surface area contributed by atoms with Crippen molar-refractivity contribution >= 4 is 37.8 Å². The largest absolute Gasteiger partial charge is 0.547 e. The molecule has 82 valence electrons. The normalized spacial score (nSPS) is 13.5. The van der Waals surface area contributed by atoms with Crippen molar-refractivity contribution in [1.82, 2.24) is 0 Å². The average molecular weight is 339 g/mol. The number of carbonyl (C=O) groups excluding carboxylic acids is 1. The van der Waals surface area contributed by atoms with Crippen molar-refractivity contribution in [3.63, 3.8) is 0 Å². The van der Waals surface area contributed by atoms with Crippen molar-refractivity contribution in [2.75, 3.05) is 0 Å². The van der Waals surface area contributed by atoms with Gasteiger partial charge in [0, 0.05) is 0 Å². The lowest BCUT2D eigenvalue weighted by Crippen LogP contribution is -2.35. The minimum atomic E-state index is -1.89. The molecule has 0 bridgehead atoms. The van der Waals surface area contributed by atoms with E-state index < -0.39 is 15.7 Å². The Morgan fingerprint density at radius 2 is 1.93 bits per heavy atom. The second kappa shape index (κ2) is 5.07. The van der Waals surface area contributed by atoms with Crippen LogP contribution in [-0.4, -0.2) is 14.7 Å². The molecule has 0 saturated heterocycles. The van der Waals surface area contributed by atoms with Crippen LogP contribution in [0.2, 0.25) is 0 Å². The minimum absolute atomic E-state index is 0.384. The second-order valence-electron chi connectivity index (χ2n) is 2.71. The Kier molecular flexibility index (Phi) is 4.27. The Balaban J connectivity index is 2.90. The van der Waals surface area contributed by atoms with Gasteiger partial charge in [0.1, 0.15) is 6.10 Å². The number of aliphatic hydroxyl groups is 1. The predicted molar refractivity (Wildman–Crippen MR) is 58.1 cm³/mol. The van der Waals surface area contributed by atoms with Crippen LogP contribution >= 0.6 is 31.9 Å². The molecule has 0 aliphatic rings. The van der Waals surface area contributed by atoms with Gasteiger partial charge in [0.25, 0.3) is 3.61 Å². The summed E-state index contributed by atoms with van der Waals surface area (Å²) in [7, 11) is 0. The lowest BCUT2D eigenvalue weighted by Gasteiger charge is -2.24. The molecule has 0 fully saturated rings. The molecule has 1 aromatic rings. The van der Waals surface area contributed by atoms with Gasteiger partial charge in [-0.05, 0) is 37.4 Å². The van der Waals surface area contributed by atoms with Crippen molar-refractivity contribution in [3.8, 4) is 0 Å². The quantitative estimate of drug-likeness (QED) is 0.654. The molecule has 0 spiro atoms. The van der Waals surface area contributed by atoms with Crippen LogP contribution in [0.25, 0.3) is 0 Å². The molecule has 4 nitrogen and oxygen atoms in total. The Labute approximate surface area is 103 Å². The van der Waals surface area contributed by atoms with Crippen LogP contribution < -0.4 is 5.11 Å². The molecule has 6 heteroatoms. The van der Waals surface area contributed by atoms with Crippen molar-refractivity contribution in [3.05, 3.63) is 35.9 Å². The summed E-state index contributed by atoms with van der Waals surface area (Å²) in [6, 6.07) is 8.19. The van der Waals surface area contributed by atoms with E-state index in [1.807, 2.05) is 0 Å². The number of rotatable bonds is 4. The van der Waals surface area contributed by atoms with E-state index in [0.717, 1.165) is 0 Å². The van der Waals surface area contributed by atoms with Gasteiger partial charge >= 0.3 is 0 Å². The first-order chi connectivity index (χ1) is 6.90. The fourth-order valence-electron chi connectivity index (χ4n) is 1.02. The van der Waals surface area contributed by atoms with Crippen LogP contribution in [0.5, 0.6) is 0 Å². The van der Waals surface area contributed by atoms with Crippen LogP contribution in [0.1, 0.15) is 11.7 Å². The molecule has 1 unspecified atom stereocenters. The van der Waals surface area contributed by atoms with Gasteiger partial charge in [0.05, 0.1) is 5.97 Å². The first-order valence-electron chi connectivity index (χ1n) is 3.94. The van der Waals surface area contributed by atoms with Crippen molar-refractivity contribution in [1.29, 1.82) is 0 Å². The third kappa shape index (κ3) is 4.29. The number of benzene rings is 1. The van der Waals surface area contributed by atoms with E-state index in [1.165, 1.54) is 0 Å². The number of ether oxygens (including phenoxy) is 1. The van der Waals surface area contributed by atoms with Crippen molar-refractivity contribution < 1.29 is 19.7 Å². The highest BCUT2D eigenvalue weighted by Gasteiger charge is 2.26.